The molecule has 0 amide bonds. The van der Waals surface area contributed by atoms with Crippen molar-refractivity contribution in [2.45, 2.75) is 19.4 Å². The minimum absolute atomic E-state index is 0.0485. The Kier molecular flexibility index (Phi) is 4.86. The maximum atomic E-state index is 11.8. The molecule has 25 heavy (non-hydrogen) atoms. The molecule has 1 fully saturated rings. The molecule has 0 radical (unpaired) electrons. The minimum atomic E-state index is -2.95. The van der Waals surface area contributed by atoms with Gasteiger partial charge in [-0.3, -0.25) is 0 Å². The van der Waals surface area contributed by atoms with Gasteiger partial charge in [-0.2, -0.15) is 10.2 Å². The van der Waals surface area contributed by atoms with Gasteiger partial charge in [0.1, 0.15) is 5.82 Å². The van der Waals surface area contributed by atoms with Crippen LogP contribution in [0.5, 0.6) is 0 Å². The zero-order chi connectivity index (χ0) is 17.9. The first-order valence-electron chi connectivity index (χ1n) is 8.08. The van der Waals surface area contributed by atoms with E-state index in [1.54, 1.807) is 36.5 Å². The smallest absolute Gasteiger partial charge is 0.229 e. The lowest BCUT2D eigenvalue weighted by atomic mass is 10.2. The minimum Gasteiger partial charge on any atom is -0.353 e. The van der Waals surface area contributed by atoms with E-state index >= 15 is 0 Å². The molecule has 0 saturated carbocycles. The van der Waals surface area contributed by atoms with Gasteiger partial charge >= 0.3 is 0 Å². The van der Waals surface area contributed by atoms with Crippen LogP contribution in [0.25, 0.3) is 0 Å². The van der Waals surface area contributed by atoms with Crippen LogP contribution in [-0.2, 0) is 9.84 Å². The molecule has 2 aromatic rings. The number of nitrogens with one attached hydrogen (secondary N) is 1. The summed E-state index contributed by atoms with van der Waals surface area (Å²) in [5.41, 5.74) is 1.36. The van der Waals surface area contributed by atoms with E-state index in [0.717, 1.165) is 5.69 Å². The molecule has 1 aliphatic heterocycles. The van der Waals surface area contributed by atoms with Gasteiger partial charge in [-0.1, -0.05) is 0 Å². The molecule has 7 nitrogen and oxygen atoms in total. The van der Waals surface area contributed by atoms with E-state index in [1.165, 1.54) is 0 Å². The Balaban J connectivity index is 1.79. The van der Waals surface area contributed by atoms with Crippen molar-refractivity contribution < 1.29 is 8.42 Å². The number of sulfone groups is 1. The molecule has 1 unspecified atom stereocenters. The van der Waals surface area contributed by atoms with Crippen LogP contribution in [0.4, 0.5) is 17.5 Å². The summed E-state index contributed by atoms with van der Waals surface area (Å²) in [4.78, 5) is 10.7. The van der Waals surface area contributed by atoms with Crippen LogP contribution in [0.1, 0.15) is 18.9 Å². The second-order valence-corrected chi connectivity index (χ2v) is 8.12. The van der Waals surface area contributed by atoms with Crippen molar-refractivity contribution in [3.8, 4) is 6.07 Å². The Labute approximate surface area is 147 Å². The molecule has 1 saturated heterocycles. The second-order valence-electron chi connectivity index (χ2n) is 5.90. The van der Waals surface area contributed by atoms with Gasteiger partial charge in [-0.05, 0) is 43.7 Å². The molecule has 1 aliphatic rings. The van der Waals surface area contributed by atoms with Crippen LogP contribution in [0.3, 0.4) is 0 Å². The van der Waals surface area contributed by atoms with Gasteiger partial charge in [-0.15, -0.1) is 0 Å². The predicted molar refractivity (Wildman–Crippen MR) is 96.6 cm³/mol. The molecule has 1 N–H and O–H groups in total. The first-order chi connectivity index (χ1) is 12.0. The van der Waals surface area contributed by atoms with Crippen molar-refractivity contribution in [2.75, 3.05) is 28.3 Å². The zero-order valence-electron chi connectivity index (χ0n) is 13.9. The Morgan fingerprint density at radius 2 is 2.08 bits per heavy atom. The number of hydrogen-bond donors (Lipinski definition) is 1. The summed E-state index contributed by atoms with van der Waals surface area (Å²) in [6.45, 7) is 2.66. The van der Waals surface area contributed by atoms with Crippen molar-refractivity contribution in [1.29, 1.82) is 5.26 Å². The van der Waals surface area contributed by atoms with Crippen LogP contribution >= 0.6 is 0 Å². The number of aromatic nitrogens is 2. The molecule has 0 aliphatic carbocycles. The SMILES string of the molecule is CCN(c1ccnc(Nc2ccc(C#N)cc2)n1)C1CCS(=O)(=O)C1. The van der Waals surface area contributed by atoms with E-state index in [1.807, 2.05) is 11.8 Å². The van der Waals surface area contributed by atoms with Crippen molar-refractivity contribution >= 4 is 27.3 Å². The summed E-state index contributed by atoms with van der Waals surface area (Å²) in [6.07, 6.45) is 2.28. The summed E-state index contributed by atoms with van der Waals surface area (Å²) in [6, 6.07) is 10.8. The summed E-state index contributed by atoms with van der Waals surface area (Å²) in [5.74, 6) is 1.54. The third-order valence-corrected chi connectivity index (χ3v) is 5.95. The van der Waals surface area contributed by atoms with Crippen molar-refractivity contribution in [1.82, 2.24) is 9.97 Å². The molecular weight excluding hydrogens is 338 g/mol. The lowest BCUT2D eigenvalue weighted by Gasteiger charge is -2.28. The number of hydrogen-bond acceptors (Lipinski definition) is 7. The topological polar surface area (TPSA) is 99.0 Å². The highest BCUT2D eigenvalue weighted by molar-refractivity contribution is 7.91. The van der Waals surface area contributed by atoms with Crippen molar-refractivity contribution in [2.24, 2.45) is 0 Å². The number of nitriles is 1. The van der Waals surface area contributed by atoms with Gasteiger partial charge < -0.3 is 10.2 Å². The van der Waals surface area contributed by atoms with E-state index in [9.17, 15) is 8.42 Å². The molecular formula is C17H19N5O2S. The highest BCUT2D eigenvalue weighted by Gasteiger charge is 2.32. The van der Waals surface area contributed by atoms with Gasteiger partial charge in [-0.25, -0.2) is 13.4 Å². The Hall–Kier alpha value is -2.66. The van der Waals surface area contributed by atoms with Gasteiger partial charge in [0.15, 0.2) is 9.84 Å². The van der Waals surface area contributed by atoms with Crippen LogP contribution in [0, 0.1) is 11.3 Å². The number of nitrogens with zero attached hydrogens (tertiary/aromatic N) is 4. The van der Waals surface area contributed by atoms with Crippen LogP contribution in [-0.4, -0.2) is 42.5 Å². The van der Waals surface area contributed by atoms with Gasteiger partial charge in [0.2, 0.25) is 5.95 Å². The van der Waals surface area contributed by atoms with Crippen LogP contribution < -0.4 is 10.2 Å². The van der Waals surface area contributed by atoms with Crippen LogP contribution in [0.2, 0.25) is 0 Å². The molecule has 130 valence electrons. The molecule has 1 aromatic heterocycles. The predicted octanol–water partition coefficient (Wildman–Crippen LogP) is 2.11. The third kappa shape index (κ3) is 4.06. The molecule has 0 spiro atoms. The fourth-order valence-corrected chi connectivity index (χ4v) is 4.69. The monoisotopic (exact) mass is 357 g/mol. The number of rotatable bonds is 5. The van der Waals surface area contributed by atoms with Crippen LogP contribution in [0.15, 0.2) is 36.5 Å². The molecule has 1 aromatic carbocycles. The second kappa shape index (κ2) is 7.07. The van der Waals surface area contributed by atoms with Gasteiger partial charge in [0, 0.05) is 24.5 Å². The Bertz CT molecular complexity index is 890. The van der Waals surface area contributed by atoms with Crippen molar-refractivity contribution in [3.05, 3.63) is 42.1 Å². The Morgan fingerprint density at radius 3 is 2.68 bits per heavy atom. The highest BCUT2D eigenvalue weighted by atomic mass is 32.2. The summed E-state index contributed by atoms with van der Waals surface area (Å²) < 4.78 is 23.5. The van der Waals surface area contributed by atoms with E-state index in [-0.39, 0.29) is 17.5 Å². The molecule has 0 bridgehead atoms. The first kappa shape index (κ1) is 17.2. The fourth-order valence-electron chi connectivity index (χ4n) is 2.96. The summed E-state index contributed by atoms with van der Waals surface area (Å²) in [5, 5.41) is 11.9. The largest absolute Gasteiger partial charge is 0.353 e. The van der Waals surface area contributed by atoms with Crippen molar-refractivity contribution in [3.63, 3.8) is 0 Å². The van der Waals surface area contributed by atoms with E-state index < -0.39 is 9.84 Å². The number of anilines is 3. The standard InChI is InChI=1S/C17H19N5O2S/c1-2-22(15-8-10-25(23,24)12-15)16-7-9-19-17(21-16)20-14-5-3-13(11-18)4-6-14/h3-7,9,15H,2,8,10,12H2,1H3,(H,19,20,21). The highest BCUT2D eigenvalue weighted by Crippen LogP contribution is 2.24. The summed E-state index contributed by atoms with van der Waals surface area (Å²) >= 11 is 0. The number of benzene rings is 1. The molecule has 8 heteroatoms. The lowest BCUT2D eigenvalue weighted by molar-refractivity contribution is 0.599. The van der Waals surface area contributed by atoms with E-state index in [0.29, 0.717) is 30.3 Å². The molecule has 3 rings (SSSR count). The van der Waals surface area contributed by atoms with Gasteiger partial charge in [0.25, 0.3) is 0 Å². The lowest BCUT2D eigenvalue weighted by Crippen LogP contribution is -2.36. The average Bonchev–Trinajstić information content (AvgIpc) is 2.96. The molecule has 1 atom stereocenters. The molecule has 2 heterocycles. The quantitative estimate of drug-likeness (QED) is 0.875. The maximum absolute atomic E-state index is 11.8. The fraction of sp³-hybridized carbons (Fsp3) is 0.353. The Morgan fingerprint density at radius 1 is 1.32 bits per heavy atom. The van der Waals surface area contributed by atoms with E-state index in [2.05, 4.69) is 21.4 Å². The van der Waals surface area contributed by atoms with E-state index in [4.69, 9.17) is 5.26 Å². The van der Waals surface area contributed by atoms with Gasteiger partial charge in [0.05, 0.1) is 23.1 Å². The maximum Gasteiger partial charge on any atom is 0.229 e. The summed E-state index contributed by atoms with van der Waals surface area (Å²) in [7, 11) is -2.95. The third-order valence-electron chi connectivity index (χ3n) is 4.20. The normalized spacial score (nSPS) is 18.5. The first-order valence-corrected chi connectivity index (χ1v) is 9.90. The average molecular weight is 357 g/mol. The zero-order valence-corrected chi connectivity index (χ0v) is 14.7.